The smallest absolute Gasteiger partial charge is 0.397 e. The molecule has 0 spiro atoms. The molecule has 35 atom stereocenters. The molecule has 7 aliphatic heterocycles. The van der Waals surface area contributed by atoms with Gasteiger partial charge in [0.1, 0.15) is 146 Å². The molecule has 0 aliphatic carbocycles. The zero-order chi connectivity index (χ0) is 70.5. The van der Waals surface area contributed by atoms with Crippen LogP contribution in [0, 0.1) is 0 Å². The fraction of sp³-hybridized carbons (Fsp3) is 0.905. The van der Waals surface area contributed by atoms with Crippen molar-refractivity contribution < 1.29 is 234 Å². The molecule has 7 heterocycles. The van der Waals surface area contributed by atoms with Crippen LogP contribution in [0.15, 0.2) is 0 Å². The largest absolute Gasteiger partial charge is 0.479 e. The van der Waals surface area contributed by atoms with Gasteiger partial charge in [0.15, 0.2) is 68.4 Å². The van der Waals surface area contributed by atoms with Crippen LogP contribution in [-0.2, 0) is 125 Å². The Morgan fingerprint density at radius 2 is 0.511 bits per heavy atom. The summed E-state index contributed by atoms with van der Waals surface area (Å²) in [4.78, 5) is 49.6. The molecular formula is C42H64O49S3. The third-order valence-corrected chi connectivity index (χ3v) is 16.4. The molecule has 0 amide bonds. The molecule has 0 aromatic carbocycles. The van der Waals surface area contributed by atoms with Gasteiger partial charge < -0.3 is 164 Å². The van der Waals surface area contributed by atoms with Gasteiger partial charge >= 0.3 is 55.1 Å². The highest BCUT2D eigenvalue weighted by atomic mass is 32.3. The fourth-order valence-corrected chi connectivity index (χ4v) is 12.1. The van der Waals surface area contributed by atoms with Crippen LogP contribution >= 0.6 is 0 Å². The number of carboxylic acid groups (broad SMARTS) is 4. The highest BCUT2D eigenvalue weighted by molar-refractivity contribution is 7.81. The van der Waals surface area contributed by atoms with Gasteiger partial charge in [0.2, 0.25) is 0 Å². The van der Waals surface area contributed by atoms with E-state index in [1.54, 1.807) is 0 Å². The van der Waals surface area contributed by atoms with Crippen LogP contribution in [0.3, 0.4) is 0 Å². The van der Waals surface area contributed by atoms with Gasteiger partial charge in [0.05, 0.1) is 19.8 Å². The first kappa shape index (κ1) is 77.7. The van der Waals surface area contributed by atoms with E-state index in [0.29, 0.717) is 0 Å². The van der Waals surface area contributed by atoms with Crippen molar-refractivity contribution in [2.24, 2.45) is 0 Å². The van der Waals surface area contributed by atoms with Crippen molar-refractivity contribution in [2.45, 2.75) is 215 Å². The van der Waals surface area contributed by atoms with Crippen LogP contribution in [0.25, 0.3) is 0 Å². The molecule has 7 rings (SSSR count). The summed E-state index contributed by atoms with van der Waals surface area (Å²) in [5.41, 5.74) is 0. The van der Waals surface area contributed by atoms with Crippen LogP contribution in [0.1, 0.15) is 0 Å². The summed E-state index contributed by atoms with van der Waals surface area (Å²) in [6.45, 7) is -4.45. The molecule has 0 bridgehead atoms. The third-order valence-electron chi connectivity index (χ3n) is 15.0. The Morgan fingerprint density at radius 3 is 0.777 bits per heavy atom. The van der Waals surface area contributed by atoms with Gasteiger partial charge in [0, 0.05) is 0 Å². The maximum atomic E-state index is 12.9. The van der Waals surface area contributed by atoms with Crippen molar-refractivity contribution in [2.75, 3.05) is 19.8 Å². The van der Waals surface area contributed by atoms with Crippen molar-refractivity contribution in [1.29, 1.82) is 0 Å². The van der Waals surface area contributed by atoms with E-state index in [1.165, 1.54) is 0 Å². The van der Waals surface area contributed by atoms with Gasteiger partial charge in [-0.1, -0.05) is 0 Å². The average Bonchev–Trinajstić information content (AvgIpc) is 0.770. The number of rotatable bonds is 25. The van der Waals surface area contributed by atoms with Crippen molar-refractivity contribution in [3.05, 3.63) is 0 Å². The summed E-state index contributed by atoms with van der Waals surface area (Å²) in [6, 6.07) is 0. The summed E-state index contributed by atoms with van der Waals surface area (Å²) >= 11 is 0. The molecule has 94 heavy (non-hydrogen) atoms. The molecule has 0 radical (unpaired) electrons. The Balaban J connectivity index is 1.13. The number of aliphatic hydroxyl groups is 16. The van der Waals surface area contributed by atoms with Gasteiger partial charge in [-0.15, -0.1) is 0 Å². The Hall–Kier alpha value is -3.67. The maximum absolute atomic E-state index is 12.9. The van der Waals surface area contributed by atoms with E-state index >= 15 is 0 Å². The first-order valence-electron chi connectivity index (χ1n) is 26.6. The van der Waals surface area contributed by atoms with Gasteiger partial charge in [-0.25, -0.2) is 31.7 Å². The summed E-state index contributed by atoms with van der Waals surface area (Å²) in [5.74, 6) is -8.54. The zero-order valence-electron chi connectivity index (χ0n) is 46.5. The molecule has 0 aromatic rings. The number of carboxylic acids is 4. The van der Waals surface area contributed by atoms with Crippen LogP contribution in [0.4, 0.5) is 0 Å². The normalized spacial score (nSPS) is 46.7. The summed E-state index contributed by atoms with van der Waals surface area (Å²) in [7, 11) is -17.4. The molecule has 7 saturated heterocycles. The molecule has 23 N–H and O–H groups in total. The fourth-order valence-electron chi connectivity index (χ4n) is 10.6. The predicted octanol–water partition coefficient (Wildman–Crippen LogP) is -16.4. The summed E-state index contributed by atoms with van der Waals surface area (Å²) < 4.78 is 184. The number of carbonyl (C=O) groups is 4. The number of aliphatic carboxylic acids is 4. The quantitative estimate of drug-likeness (QED) is 0.0377. The lowest BCUT2D eigenvalue weighted by atomic mass is 9.95. The van der Waals surface area contributed by atoms with Crippen LogP contribution in [0.2, 0.25) is 0 Å². The first-order valence-corrected chi connectivity index (χ1v) is 30.7. The van der Waals surface area contributed by atoms with Crippen molar-refractivity contribution >= 4 is 55.1 Å². The Labute approximate surface area is 523 Å². The summed E-state index contributed by atoms with van der Waals surface area (Å²) in [6.07, 6.45) is -91.3. The number of hydrogen-bond acceptors (Lipinski definition) is 42. The molecular weight excluding hydrogens is 1380 g/mol. The number of aliphatic hydroxyl groups excluding tert-OH is 16. The van der Waals surface area contributed by atoms with E-state index in [2.05, 4.69) is 12.5 Å². The Morgan fingerprint density at radius 1 is 0.277 bits per heavy atom. The molecule has 544 valence electrons. The van der Waals surface area contributed by atoms with E-state index in [4.69, 9.17) is 61.6 Å². The van der Waals surface area contributed by atoms with Crippen molar-refractivity contribution in [3.63, 3.8) is 0 Å². The van der Waals surface area contributed by atoms with Crippen LogP contribution in [0.5, 0.6) is 0 Å². The molecule has 0 saturated carbocycles. The van der Waals surface area contributed by atoms with E-state index in [-0.39, 0.29) is 0 Å². The average molecular weight is 1450 g/mol. The molecule has 52 heteroatoms. The molecule has 7 aliphatic rings. The molecule has 0 unspecified atom stereocenters. The van der Waals surface area contributed by atoms with Gasteiger partial charge in [-0.3, -0.25) is 13.7 Å². The lowest BCUT2D eigenvalue weighted by Crippen LogP contribution is -2.69. The monoisotopic (exact) mass is 1450 g/mol. The molecule has 0 aromatic heterocycles. The van der Waals surface area contributed by atoms with Crippen LogP contribution in [-0.4, -0.2) is 400 Å². The molecule has 49 nitrogen and oxygen atoms in total. The van der Waals surface area contributed by atoms with Gasteiger partial charge in [0.25, 0.3) is 0 Å². The second-order valence-corrected chi connectivity index (χ2v) is 24.4. The number of ether oxygens (including phenoxy) is 13. The second-order valence-electron chi connectivity index (χ2n) is 21.2. The predicted molar refractivity (Wildman–Crippen MR) is 265 cm³/mol. The van der Waals surface area contributed by atoms with E-state index in [9.17, 15) is 160 Å². The maximum Gasteiger partial charge on any atom is 0.397 e. The first-order chi connectivity index (χ1) is 43.5. The minimum atomic E-state index is -5.87. The van der Waals surface area contributed by atoms with E-state index in [0.717, 1.165) is 0 Å². The summed E-state index contributed by atoms with van der Waals surface area (Å²) in [5, 5.41) is 213. The lowest BCUT2D eigenvalue weighted by Gasteiger charge is -2.50. The SMILES string of the molecule is O=C(O)[C@H]1O[C@@H](O[C@H]2[C@H](O)[C@@H](O[C@@H]3[C@@H](O)[C@H](O)[C@@H](O[C@@H]4[C@@H](O)[C@H](O[C@H]5[C@H](O)[C@@H](O)[C@H](O[C@H]6[C@H](O)[C@@H](O[C@@H]7[C@@H](O)[C@H](O)[C@@H](O)O[C@H]7C(=O)O)O[C@@H](CO)[C@H]6OS(=O)(=O)O)O[C@@H]5C(=O)O)O[C@H](CO)[C@@H]4OS(=O)(=O)O)O[C@H]3C(=O)O)O[C@@H](CO)[C@H]2OS(=O)(=O)O)[C@H](O)[C@@H](O)[C@@H]1O. The lowest BCUT2D eigenvalue weighted by molar-refractivity contribution is -0.392. The standard InChI is InChI=1S/C42H64O49S3/c43-1-4-19(89-92(67,68)69)25(83-37-13(52)7(46)8(47)28(86-37)32(58)59)16(55)41(77-4)81-23-10(49)15(54)39(88-30(23)34(62)63)85-27-18(57)42(78-6(3-45)21(27)91-94(73,74)75)82-24-11(50)14(53)38(87-31(24)35(64)65)84-26-17(56)40(76-5(2-44)20(26)90-93(70,71)72)80-22-9(48)12(51)36(66)79-29(22)33(60)61/h4-31,36-57,66H,1-3H2,(H,58,59)(H,60,61)(H,62,63)(H,64,65)(H,67,68,69)(H,70,71,72)(H,73,74,75)/t4-,5-,6+,7-,8-,9-,10-,11+,12-,13+,14+,15-,16-,17-,18+,19+,20+,21-,22+,23+,24-,25-,26-,27+,28-,29+,30+,31-,36-,37+,38+,39-,40+,41+,42-/m0/s1. The minimum absolute atomic E-state index is 1.44. The van der Waals surface area contributed by atoms with E-state index < -0.39 is 290 Å². The molecule has 7 fully saturated rings. The number of hydrogen-bond donors (Lipinski definition) is 23. The van der Waals surface area contributed by atoms with Gasteiger partial charge in [-0.05, 0) is 0 Å². The van der Waals surface area contributed by atoms with Crippen molar-refractivity contribution in [1.82, 2.24) is 0 Å². The third kappa shape index (κ3) is 17.3. The Bertz CT molecular complexity index is 2950. The van der Waals surface area contributed by atoms with E-state index in [1.807, 2.05) is 0 Å². The highest BCUT2D eigenvalue weighted by Crippen LogP contribution is 2.40. The zero-order valence-corrected chi connectivity index (χ0v) is 48.9. The highest BCUT2D eigenvalue weighted by Gasteiger charge is 2.62. The minimum Gasteiger partial charge on any atom is -0.479 e. The van der Waals surface area contributed by atoms with Gasteiger partial charge in [-0.2, -0.15) is 25.3 Å². The van der Waals surface area contributed by atoms with Crippen molar-refractivity contribution in [3.8, 4) is 0 Å². The van der Waals surface area contributed by atoms with Crippen LogP contribution < -0.4 is 0 Å². The topological polar surface area (TPSA) is 784 Å². The second kappa shape index (κ2) is 30.8. The Kier molecular flexibility index (Phi) is 25.5.